The molecule has 0 fully saturated rings. The fourth-order valence-corrected chi connectivity index (χ4v) is 2.89. The summed E-state index contributed by atoms with van der Waals surface area (Å²) in [6.07, 6.45) is 0. The second-order valence-electron chi connectivity index (χ2n) is 6.37. The first-order valence-electron chi connectivity index (χ1n) is 9.08. The van der Waals surface area contributed by atoms with Gasteiger partial charge >= 0.3 is 0 Å². The molecule has 0 atom stereocenters. The van der Waals surface area contributed by atoms with Crippen LogP contribution in [0.2, 0.25) is 0 Å². The number of benzene rings is 3. The molecule has 3 aromatic rings. The van der Waals surface area contributed by atoms with Crippen LogP contribution >= 0.6 is 0 Å². The quantitative estimate of drug-likeness (QED) is 0.657. The molecular weight excluding hydrogens is 368 g/mol. The number of amides is 2. The van der Waals surface area contributed by atoms with Gasteiger partial charge in [-0.1, -0.05) is 30.3 Å². The number of hydrogen-bond donors (Lipinski definition) is 1. The van der Waals surface area contributed by atoms with Crippen LogP contribution in [0.15, 0.2) is 89.1 Å². The molecule has 4 rings (SSSR count). The van der Waals surface area contributed by atoms with E-state index in [-0.39, 0.29) is 25.0 Å². The monoisotopic (exact) mass is 386 g/mol. The number of carbonyl (C=O) groups is 2. The number of anilines is 2. The van der Waals surface area contributed by atoms with Gasteiger partial charge in [0.25, 0.3) is 5.91 Å². The zero-order valence-corrected chi connectivity index (χ0v) is 15.5. The summed E-state index contributed by atoms with van der Waals surface area (Å²) in [6, 6.07) is 23.6. The Kier molecular flexibility index (Phi) is 5.29. The summed E-state index contributed by atoms with van der Waals surface area (Å²) in [5, 5.41) is 11.1. The molecule has 144 valence electrons. The molecule has 7 nitrogen and oxygen atoms in total. The van der Waals surface area contributed by atoms with Crippen molar-refractivity contribution < 1.29 is 14.3 Å². The molecule has 29 heavy (non-hydrogen) atoms. The average Bonchev–Trinajstić information content (AvgIpc) is 2.76. The maximum Gasteiger partial charge on any atom is 0.265 e. The van der Waals surface area contributed by atoms with E-state index < -0.39 is 0 Å². The Morgan fingerprint density at radius 3 is 2.31 bits per heavy atom. The largest absolute Gasteiger partial charge is 0.482 e. The number of carbonyl (C=O) groups excluding carboxylic acids is 2. The van der Waals surface area contributed by atoms with Gasteiger partial charge in [-0.25, -0.2) is 0 Å². The number of hydrogen-bond acceptors (Lipinski definition) is 5. The van der Waals surface area contributed by atoms with Crippen LogP contribution in [0.3, 0.4) is 0 Å². The maximum atomic E-state index is 12.4. The van der Waals surface area contributed by atoms with Crippen LogP contribution in [-0.4, -0.2) is 25.0 Å². The van der Waals surface area contributed by atoms with Gasteiger partial charge in [0.1, 0.15) is 12.3 Å². The van der Waals surface area contributed by atoms with E-state index in [1.54, 1.807) is 42.5 Å². The first-order chi connectivity index (χ1) is 14.2. The van der Waals surface area contributed by atoms with Gasteiger partial charge in [0, 0.05) is 5.69 Å². The molecule has 0 saturated carbocycles. The fraction of sp³-hybridized carbons (Fsp3) is 0.0909. The smallest absolute Gasteiger partial charge is 0.265 e. The van der Waals surface area contributed by atoms with Gasteiger partial charge in [-0.2, -0.15) is 10.2 Å². The van der Waals surface area contributed by atoms with Crippen molar-refractivity contribution in [1.29, 1.82) is 0 Å². The number of rotatable bonds is 5. The van der Waals surface area contributed by atoms with Gasteiger partial charge < -0.3 is 10.1 Å². The topological polar surface area (TPSA) is 83.4 Å². The highest BCUT2D eigenvalue weighted by Gasteiger charge is 2.26. The number of azo groups is 1. The lowest BCUT2D eigenvalue weighted by Crippen LogP contribution is -2.43. The van der Waals surface area contributed by atoms with Crippen LogP contribution < -0.4 is 15.0 Å². The Labute approximate surface area is 167 Å². The Bertz CT molecular complexity index is 1050. The minimum atomic E-state index is -0.297. The van der Waals surface area contributed by atoms with E-state index in [0.29, 0.717) is 22.8 Å². The highest BCUT2D eigenvalue weighted by atomic mass is 16.5. The van der Waals surface area contributed by atoms with E-state index in [1.807, 2.05) is 36.4 Å². The molecule has 1 heterocycles. The van der Waals surface area contributed by atoms with Crippen molar-refractivity contribution >= 4 is 34.6 Å². The lowest BCUT2D eigenvalue weighted by atomic mass is 10.2. The molecule has 7 heteroatoms. The van der Waals surface area contributed by atoms with Crippen molar-refractivity contribution in [3.63, 3.8) is 0 Å². The van der Waals surface area contributed by atoms with Crippen molar-refractivity contribution in [1.82, 2.24) is 0 Å². The van der Waals surface area contributed by atoms with Gasteiger partial charge in [-0.3, -0.25) is 14.5 Å². The summed E-state index contributed by atoms with van der Waals surface area (Å²) in [6.45, 7) is -0.167. The third-order valence-corrected chi connectivity index (χ3v) is 4.30. The minimum Gasteiger partial charge on any atom is -0.482 e. The highest BCUT2D eigenvalue weighted by molar-refractivity contribution is 6.04. The van der Waals surface area contributed by atoms with Crippen molar-refractivity contribution in [2.24, 2.45) is 10.2 Å². The van der Waals surface area contributed by atoms with Gasteiger partial charge in [0.15, 0.2) is 6.61 Å². The van der Waals surface area contributed by atoms with Gasteiger partial charge in [-0.15, -0.1) is 0 Å². The van der Waals surface area contributed by atoms with Crippen molar-refractivity contribution in [3.05, 3.63) is 78.9 Å². The van der Waals surface area contributed by atoms with Gasteiger partial charge in [0.2, 0.25) is 5.91 Å². The third kappa shape index (κ3) is 4.47. The number of nitrogens with zero attached hydrogens (tertiary/aromatic N) is 3. The van der Waals surface area contributed by atoms with Gasteiger partial charge in [-0.05, 0) is 48.5 Å². The third-order valence-electron chi connectivity index (χ3n) is 4.30. The number of para-hydroxylation sites is 2. The second-order valence-corrected chi connectivity index (χ2v) is 6.37. The zero-order chi connectivity index (χ0) is 20.1. The lowest BCUT2D eigenvalue weighted by molar-refractivity contribution is -0.123. The van der Waals surface area contributed by atoms with Gasteiger partial charge in [0.05, 0.1) is 17.1 Å². The number of ether oxygens (including phenoxy) is 1. The van der Waals surface area contributed by atoms with Crippen LogP contribution in [-0.2, 0) is 9.59 Å². The van der Waals surface area contributed by atoms with Crippen LogP contribution in [0.5, 0.6) is 5.75 Å². The molecule has 0 aliphatic carbocycles. The molecule has 0 radical (unpaired) electrons. The van der Waals surface area contributed by atoms with E-state index in [0.717, 1.165) is 5.69 Å². The molecule has 0 bridgehead atoms. The molecule has 0 aromatic heterocycles. The summed E-state index contributed by atoms with van der Waals surface area (Å²) >= 11 is 0. The van der Waals surface area contributed by atoms with Crippen molar-refractivity contribution in [2.75, 3.05) is 23.4 Å². The van der Waals surface area contributed by atoms with Crippen LogP contribution in [0.1, 0.15) is 0 Å². The molecular formula is C22H18N4O3. The molecule has 0 spiro atoms. The molecule has 1 aliphatic rings. The SMILES string of the molecule is O=C(CN1C(=O)COc2ccccc21)Nc1ccc(N=Nc2ccccc2)cc1. The Morgan fingerprint density at radius 1 is 0.897 bits per heavy atom. The second kappa shape index (κ2) is 8.35. The molecule has 1 aliphatic heterocycles. The van der Waals surface area contributed by atoms with Crippen LogP contribution in [0.4, 0.5) is 22.7 Å². The summed E-state index contributed by atoms with van der Waals surface area (Å²) in [7, 11) is 0. The Morgan fingerprint density at radius 2 is 1.55 bits per heavy atom. The fourth-order valence-electron chi connectivity index (χ4n) is 2.89. The molecule has 0 saturated heterocycles. The summed E-state index contributed by atoms with van der Waals surface area (Å²) in [4.78, 5) is 26.0. The van der Waals surface area contributed by atoms with E-state index in [4.69, 9.17) is 4.74 Å². The van der Waals surface area contributed by atoms with E-state index >= 15 is 0 Å². The standard InChI is InChI=1S/C22H18N4O3/c27-21(14-26-19-8-4-5-9-20(19)29-15-22(26)28)23-16-10-12-18(13-11-16)25-24-17-6-2-1-3-7-17/h1-13H,14-15H2,(H,23,27). The van der Waals surface area contributed by atoms with E-state index in [9.17, 15) is 9.59 Å². The minimum absolute atomic E-state index is 0.0780. The van der Waals surface area contributed by atoms with Crippen molar-refractivity contribution in [3.8, 4) is 5.75 Å². The van der Waals surface area contributed by atoms with E-state index in [1.165, 1.54) is 4.90 Å². The van der Waals surface area contributed by atoms with Crippen LogP contribution in [0.25, 0.3) is 0 Å². The van der Waals surface area contributed by atoms with Crippen LogP contribution in [0, 0.1) is 0 Å². The molecule has 3 aromatic carbocycles. The number of fused-ring (bicyclic) bond motifs is 1. The first-order valence-corrected chi connectivity index (χ1v) is 9.08. The summed E-state index contributed by atoms with van der Waals surface area (Å²) in [5.41, 5.74) is 2.64. The molecule has 1 N–H and O–H groups in total. The highest BCUT2D eigenvalue weighted by Crippen LogP contribution is 2.31. The predicted molar refractivity (Wildman–Crippen MR) is 110 cm³/mol. The lowest BCUT2D eigenvalue weighted by Gasteiger charge is -2.28. The number of nitrogens with one attached hydrogen (secondary N) is 1. The Balaban J connectivity index is 1.39. The average molecular weight is 386 g/mol. The first kappa shape index (κ1) is 18.4. The summed E-state index contributed by atoms with van der Waals surface area (Å²) < 4.78 is 5.39. The molecule has 2 amide bonds. The Hall–Kier alpha value is -4.00. The summed E-state index contributed by atoms with van der Waals surface area (Å²) in [5.74, 6) is 0.0391. The zero-order valence-electron chi connectivity index (χ0n) is 15.5. The van der Waals surface area contributed by atoms with E-state index in [2.05, 4.69) is 15.5 Å². The van der Waals surface area contributed by atoms with Crippen molar-refractivity contribution in [2.45, 2.75) is 0 Å². The normalized spacial score (nSPS) is 13.1. The molecule has 0 unspecified atom stereocenters. The predicted octanol–water partition coefficient (Wildman–Crippen LogP) is 4.47. The maximum absolute atomic E-state index is 12.4.